The molecule has 0 spiro atoms. The number of hydrogen-bond donors (Lipinski definition) is 1. The predicted octanol–water partition coefficient (Wildman–Crippen LogP) is 3.57. The number of fused-ring (bicyclic) bond motifs is 1. The van der Waals surface area contributed by atoms with Gasteiger partial charge in [0.25, 0.3) is 0 Å². The molecule has 1 N–H and O–H groups in total. The molecule has 1 saturated heterocycles. The largest absolute Gasteiger partial charge is 0.312 e. The van der Waals surface area contributed by atoms with Crippen molar-refractivity contribution in [2.24, 2.45) is 0 Å². The molecular weight excluding hydrogens is 256 g/mol. The average molecular weight is 286 g/mol. The Labute approximate surface area is 129 Å². The first-order chi connectivity index (χ1) is 10.1. The minimum Gasteiger partial charge on any atom is -0.312 e. The maximum absolute atomic E-state index is 3.79. The monoisotopic (exact) mass is 286 g/mol. The van der Waals surface area contributed by atoms with Crippen LogP contribution < -0.4 is 5.32 Å². The molecule has 0 aromatic heterocycles. The Kier molecular flexibility index (Phi) is 4.37. The molecule has 2 aliphatic rings. The van der Waals surface area contributed by atoms with Crippen LogP contribution in [0.25, 0.3) is 0 Å². The summed E-state index contributed by atoms with van der Waals surface area (Å²) >= 11 is 0. The van der Waals surface area contributed by atoms with Gasteiger partial charge in [-0.3, -0.25) is 4.90 Å². The molecule has 1 aliphatic heterocycles. The highest BCUT2D eigenvalue weighted by atomic mass is 15.2. The third kappa shape index (κ3) is 2.89. The van der Waals surface area contributed by atoms with E-state index in [2.05, 4.69) is 55.3 Å². The Hall–Kier alpha value is -0.860. The van der Waals surface area contributed by atoms with Crippen LogP contribution in [0.3, 0.4) is 0 Å². The molecule has 0 bridgehead atoms. The minimum atomic E-state index is 0.261. The molecule has 1 aromatic carbocycles. The fourth-order valence-electron chi connectivity index (χ4n) is 4.24. The molecule has 3 rings (SSSR count). The Morgan fingerprint density at radius 1 is 1.24 bits per heavy atom. The second-order valence-corrected chi connectivity index (χ2v) is 7.29. The first-order valence-electron chi connectivity index (χ1n) is 8.69. The van der Waals surface area contributed by atoms with Crippen molar-refractivity contribution in [1.29, 1.82) is 0 Å². The van der Waals surface area contributed by atoms with E-state index in [4.69, 9.17) is 0 Å². The summed E-state index contributed by atoms with van der Waals surface area (Å²) in [6.07, 6.45) is 5.28. The van der Waals surface area contributed by atoms with Crippen LogP contribution in [0, 0.1) is 0 Å². The van der Waals surface area contributed by atoms with Crippen molar-refractivity contribution in [2.75, 3.05) is 19.6 Å². The molecule has 0 amide bonds. The maximum atomic E-state index is 3.79. The third-order valence-electron chi connectivity index (χ3n) is 5.71. The molecule has 21 heavy (non-hydrogen) atoms. The SMILES string of the molecule is CCNC(CC1Cc2ccccc21)C(C)(C)N1CCCC1. The summed E-state index contributed by atoms with van der Waals surface area (Å²) in [7, 11) is 0. The van der Waals surface area contributed by atoms with E-state index >= 15 is 0 Å². The zero-order valence-corrected chi connectivity index (χ0v) is 13.9. The van der Waals surface area contributed by atoms with Crippen molar-refractivity contribution in [3.8, 4) is 0 Å². The standard InChI is InChI=1S/C19H30N2/c1-4-20-18(19(2,3)21-11-7-8-12-21)14-16-13-15-9-5-6-10-17(15)16/h5-6,9-10,16,18,20H,4,7-8,11-14H2,1-3H3. The van der Waals surface area contributed by atoms with Crippen molar-refractivity contribution < 1.29 is 0 Å². The van der Waals surface area contributed by atoms with Crippen molar-refractivity contribution in [1.82, 2.24) is 10.2 Å². The zero-order valence-electron chi connectivity index (χ0n) is 13.9. The van der Waals surface area contributed by atoms with Crippen LogP contribution in [0.15, 0.2) is 24.3 Å². The molecule has 2 nitrogen and oxygen atoms in total. The van der Waals surface area contributed by atoms with Gasteiger partial charge in [0, 0.05) is 11.6 Å². The Morgan fingerprint density at radius 3 is 2.62 bits per heavy atom. The molecule has 2 heteroatoms. The maximum Gasteiger partial charge on any atom is 0.0306 e. The molecular formula is C19H30N2. The van der Waals surface area contributed by atoms with Gasteiger partial charge in [0.15, 0.2) is 0 Å². The predicted molar refractivity (Wildman–Crippen MR) is 89.9 cm³/mol. The smallest absolute Gasteiger partial charge is 0.0306 e. The topological polar surface area (TPSA) is 15.3 Å². The van der Waals surface area contributed by atoms with Gasteiger partial charge in [0.1, 0.15) is 0 Å². The zero-order chi connectivity index (χ0) is 14.9. The lowest BCUT2D eigenvalue weighted by molar-refractivity contribution is 0.0981. The fraction of sp³-hybridized carbons (Fsp3) is 0.684. The van der Waals surface area contributed by atoms with Gasteiger partial charge in [0.05, 0.1) is 0 Å². The van der Waals surface area contributed by atoms with Gasteiger partial charge in [-0.15, -0.1) is 0 Å². The first kappa shape index (κ1) is 15.1. The molecule has 2 unspecified atom stereocenters. The van der Waals surface area contributed by atoms with Gasteiger partial charge in [-0.05, 0) is 76.2 Å². The van der Waals surface area contributed by atoms with E-state index < -0.39 is 0 Å². The van der Waals surface area contributed by atoms with E-state index in [1.807, 2.05) is 0 Å². The van der Waals surface area contributed by atoms with Crippen LogP contribution in [0.4, 0.5) is 0 Å². The van der Waals surface area contributed by atoms with Gasteiger partial charge in [-0.2, -0.15) is 0 Å². The number of rotatable bonds is 6. The highest BCUT2D eigenvalue weighted by Crippen LogP contribution is 2.40. The quantitative estimate of drug-likeness (QED) is 0.860. The molecule has 1 fully saturated rings. The summed E-state index contributed by atoms with van der Waals surface area (Å²) < 4.78 is 0. The third-order valence-corrected chi connectivity index (χ3v) is 5.71. The molecule has 1 heterocycles. The van der Waals surface area contributed by atoms with E-state index in [0.29, 0.717) is 6.04 Å². The van der Waals surface area contributed by atoms with E-state index in [0.717, 1.165) is 12.5 Å². The van der Waals surface area contributed by atoms with E-state index in [9.17, 15) is 0 Å². The number of nitrogens with zero attached hydrogens (tertiary/aromatic N) is 1. The number of nitrogens with one attached hydrogen (secondary N) is 1. The molecule has 1 aliphatic carbocycles. The summed E-state index contributed by atoms with van der Waals surface area (Å²) in [6.45, 7) is 10.7. The number of likely N-dealkylation sites (tertiary alicyclic amines) is 1. The van der Waals surface area contributed by atoms with Crippen molar-refractivity contribution in [3.05, 3.63) is 35.4 Å². The normalized spacial score (nSPS) is 23.7. The van der Waals surface area contributed by atoms with Crippen LogP contribution in [-0.4, -0.2) is 36.1 Å². The average Bonchev–Trinajstić information content (AvgIpc) is 2.98. The highest BCUT2D eigenvalue weighted by molar-refractivity contribution is 5.40. The summed E-state index contributed by atoms with van der Waals surface area (Å²) in [5, 5.41) is 3.79. The summed E-state index contributed by atoms with van der Waals surface area (Å²) in [5.41, 5.74) is 3.42. The van der Waals surface area contributed by atoms with Gasteiger partial charge in [0.2, 0.25) is 0 Å². The van der Waals surface area contributed by atoms with Crippen LogP contribution in [0.1, 0.15) is 57.1 Å². The fourth-order valence-corrected chi connectivity index (χ4v) is 4.24. The summed E-state index contributed by atoms with van der Waals surface area (Å²) in [6, 6.07) is 9.57. The molecule has 1 aromatic rings. The second kappa shape index (κ2) is 6.10. The van der Waals surface area contributed by atoms with Gasteiger partial charge in [-0.1, -0.05) is 31.2 Å². The number of benzene rings is 1. The van der Waals surface area contributed by atoms with Gasteiger partial charge < -0.3 is 5.32 Å². The Balaban J connectivity index is 1.70. The van der Waals surface area contributed by atoms with Crippen LogP contribution in [0.5, 0.6) is 0 Å². The van der Waals surface area contributed by atoms with E-state index in [-0.39, 0.29) is 5.54 Å². The lowest BCUT2D eigenvalue weighted by Crippen LogP contribution is -2.57. The lowest BCUT2D eigenvalue weighted by Gasteiger charge is -2.45. The number of likely N-dealkylation sites (N-methyl/N-ethyl adjacent to an activating group) is 1. The van der Waals surface area contributed by atoms with E-state index in [1.165, 1.54) is 38.8 Å². The van der Waals surface area contributed by atoms with Crippen molar-refractivity contribution in [3.63, 3.8) is 0 Å². The van der Waals surface area contributed by atoms with Crippen LogP contribution >= 0.6 is 0 Å². The molecule has 116 valence electrons. The number of hydrogen-bond acceptors (Lipinski definition) is 2. The van der Waals surface area contributed by atoms with Crippen molar-refractivity contribution in [2.45, 2.75) is 64.0 Å². The molecule has 0 saturated carbocycles. The van der Waals surface area contributed by atoms with Crippen LogP contribution in [-0.2, 0) is 6.42 Å². The Morgan fingerprint density at radius 2 is 1.95 bits per heavy atom. The molecule has 0 radical (unpaired) electrons. The summed E-state index contributed by atoms with van der Waals surface area (Å²) in [4.78, 5) is 2.70. The highest BCUT2D eigenvalue weighted by Gasteiger charge is 2.39. The second-order valence-electron chi connectivity index (χ2n) is 7.29. The van der Waals surface area contributed by atoms with Gasteiger partial charge >= 0.3 is 0 Å². The summed E-state index contributed by atoms with van der Waals surface area (Å²) in [5.74, 6) is 0.757. The van der Waals surface area contributed by atoms with Crippen molar-refractivity contribution >= 4 is 0 Å². The first-order valence-corrected chi connectivity index (χ1v) is 8.69. The van der Waals surface area contributed by atoms with E-state index in [1.54, 1.807) is 11.1 Å². The molecule has 2 atom stereocenters. The Bertz CT molecular complexity index is 474. The van der Waals surface area contributed by atoms with Gasteiger partial charge in [-0.25, -0.2) is 0 Å². The lowest BCUT2D eigenvalue weighted by atomic mass is 9.72. The minimum absolute atomic E-state index is 0.261. The van der Waals surface area contributed by atoms with Crippen LogP contribution in [0.2, 0.25) is 0 Å².